The van der Waals surface area contributed by atoms with Crippen molar-refractivity contribution in [2.75, 3.05) is 26.9 Å². The van der Waals surface area contributed by atoms with Gasteiger partial charge in [0.25, 0.3) is 0 Å². The molecule has 0 spiro atoms. The lowest BCUT2D eigenvalue weighted by molar-refractivity contribution is 0.206. The van der Waals surface area contributed by atoms with Gasteiger partial charge in [-0.2, -0.15) is 5.26 Å². The van der Waals surface area contributed by atoms with Crippen LogP contribution < -0.4 is 18.9 Å². The Hall–Kier alpha value is -2.87. The summed E-state index contributed by atoms with van der Waals surface area (Å²) in [7, 11) is 1.66. The fourth-order valence-electron chi connectivity index (χ4n) is 2.62. The third-order valence-electron chi connectivity index (χ3n) is 3.97. The van der Waals surface area contributed by atoms with Crippen LogP contribution >= 0.6 is 0 Å². The van der Waals surface area contributed by atoms with Crippen LogP contribution in [0.3, 0.4) is 0 Å². The number of benzene rings is 2. The Kier molecular flexibility index (Phi) is 6.95. The molecular weight excluding hydrogens is 342 g/mol. The highest BCUT2D eigenvalue weighted by molar-refractivity contribution is 5.47. The number of nitrogens with zero attached hydrogens (tertiary/aromatic N) is 1. The molecule has 0 fully saturated rings. The standard InChI is InChI=1S/C22H27NO4/c1-6-25-21-13-16(15-23)7-9-20(21)27-12-11-26-19-10-8-17(24-5)14-18(19)22(2,3)4/h7-10,13-14H,6,11-12H2,1-5H3. The Labute approximate surface area is 161 Å². The molecule has 0 aromatic heterocycles. The summed E-state index contributed by atoms with van der Waals surface area (Å²) in [6.07, 6.45) is 0. The number of nitriles is 1. The maximum Gasteiger partial charge on any atom is 0.162 e. The SMILES string of the molecule is CCOc1cc(C#N)ccc1OCCOc1ccc(OC)cc1C(C)(C)C. The summed E-state index contributed by atoms with van der Waals surface area (Å²) in [5.74, 6) is 2.79. The number of ether oxygens (including phenoxy) is 4. The van der Waals surface area contributed by atoms with Gasteiger partial charge in [0.2, 0.25) is 0 Å². The second-order valence-corrected chi connectivity index (χ2v) is 7.02. The van der Waals surface area contributed by atoms with Crippen LogP contribution in [0.25, 0.3) is 0 Å². The molecule has 144 valence electrons. The lowest BCUT2D eigenvalue weighted by Crippen LogP contribution is -2.16. The number of hydrogen-bond donors (Lipinski definition) is 0. The summed E-state index contributed by atoms with van der Waals surface area (Å²) >= 11 is 0. The zero-order valence-corrected chi connectivity index (χ0v) is 16.7. The minimum atomic E-state index is -0.0695. The number of methoxy groups -OCH3 is 1. The van der Waals surface area contributed by atoms with Crippen molar-refractivity contribution in [3.63, 3.8) is 0 Å². The first-order valence-corrected chi connectivity index (χ1v) is 9.00. The fraction of sp³-hybridized carbons (Fsp3) is 0.409. The molecule has 0 saturated carbocycles. The van der Waals surface area contributed by atoms with Crippen molar-refractivity contribution in [2.45, 2.75) is 33.1 Å². The lowest BCUT2D eigenvalue weighted by atomic mass is 9.86. The zero-order valence-electron chi connectivity index (χ0n) is 16.7. The van der Waals surface area contributed by atoms with Gasteiger partial charge in [0.05, 0.1) is 25.3 Å². The average molecular weight is 369 g/mol. The third-order valence-corrected chi connectivity index (χ3v) is 3.97. The molecule has 0 aliphatic carbocycles. The van der Waals surface area contributed by atoms with E-state index in [4.69, 9.17) is 24.2 Å². The molecule has 5 heteroatoms. The van der Waals surface area contributed by atoms with E-state index in [0.29, 0.717) is 36.9 Å². The summed E-state index contributed by atoms with van der Waals surface area (Å²) in [6, 6.07) is 13.1. The van der Waals surface area contributed by atoms with E-state index in [1.807, 2.05) is 25.1 Å². The highest BCUT2D eigenvalue weighted by Crippen LogP contribution is 2.34. The van der Waals surface area contributed by atoms with Gasteiger partial charge in [-0.15, -0.1) is 0 Å². The molecule has 0 N–H and O–H groups in total. The molecule has 2 aromatic rings. The van der Waals surface area contributed by atoms with Crippen molar-refractivity contribution < 1.29 is 18.9 Å². The van der Waals surface area contributed by atoms with Gasteiger partial charge in [0, 0.05) is 11.6 Å². The van der Waals surface area contributed by atoms with Crippen molar-refractivity contribution in [2.24, 2.45) is 0 Å². The summed E-state index contributed by atoms with van der Waals surface area (Å²) in [5.41, 5.74) is 1.55. The quantitative estimate of drug-likeness (QED) is 0.630. The molecule has 0 radical (unpaired) electrons. The predicted octanol–water partition coefficient (Wildman–Crippen LogP) is 4.72. The summed E-state index contributed by atoms with van der Waals surface area (Å²) < 4.78 is 22.6. The third kappa shape index (κ3) is 5.55. The smallest absolute Gasteiger partial charge is 0.162 e. The van der Waals surface area contributed by atoms with Crippen LogP contribution in [0.1, 0.15) is 38.8 Å². The van der Waals surface area contributed by atoms with Gasteiger partial charge in [-0.05, 0) is 42.7 Å². The number of rotatable bonds is 8. The van der Waals surface area contributed by atoms with E-state index in [-0.39, 0.29) is 5.41 Å². The van der Waals surface area contributed by atoms with Crippen LogP contribution in [0.15, 0.2) is 36.4 Å². The second kappa shape index (κ2) is 9.18. The molecule has 0 atom stereocenters. The Morgan fingerprint density at radius 2 is 1.56 bits per heavy atom. The first-order valence-electron chi connectivity index (χ1n) is 9.00. The molecular formula is C22H27NO4. The Morgan fingerprint density at radius 1 is 0.889 bits per heavy atom. The Morgan fingerprint density at radius 3 is 2.15 bits per heavy atom. The second-order valence-electron chi connectivity index (χ2n) is 7.02. The van der Waals surface area contributed by atoms with Gasteiger partial charge >= 0.3 is 0 Å². The van der Waals surface area contributed by atoms with Gasteiger partial charge in [-0.1, -0.05) is 20.8 Å². The highest BCUT2D eigenvalue weighted by atomic mass is 16.5. The van der Waals surface area contributed by atoms with E-state index < -0.39 is 0 Å². The van der Waals surface area contributed by atoms with Crippen molar-refractivity contribution in [1.82, 2.24) is 0 Å². The predicted molar refractivity (Wildman–Crippen MR) is 105 cm³/mol. The molecule has 5 nitrogen and oxygen atoms in total. The van der Waals surface area contributed by atoms with Crippen molar-refractivity contribution in [3.05, 3.63) is 47.5 Å². The lowest BCUT2D eigenvalue weighted by Gasteiger charge is -2.23. The first-order chi connectivity index (χ1) is 12.9. The average Bonchev–Trinajstić information content (AvgIpc) is 2.65. The Bertz CT molecular complexity index is 803. The van der Waals surface area contributed by atoms with Crippen molar-refractivity contribution in [3.8, 4) is 29.1 Å². The maximum atomic E-state index is 9.02. The monoisotopic (exact) mass is 369 g/mol. The molecule has 0 saturated heterocycles. The van der Waals surface area contributed by atoms with E-state index in [1.165, 1.54) is 0 Å². The van der Waals surface area contributed by atoms with Crippen LogP contribution in [-0.4, -0.2) is 26.9 Å². The van der Waals surface area contributed by atoms with E-state index in [0.717, 1.165) is 17.1 Å². The molecule has 0 aliphatic heterocycles. The Balaban J connectivity index is 2.03. The highest BCUT2D eigenvalue weighted by Gasteiger charge is 2.20. The van der Waals surface area contributed by atoms with Crippen LogP contribution in [0.4, 0.5) is 0 Å². The van der Waals surface area contributed by atoms with Crippen LogP contribution in [-0.2, 0) is 5.41 Å². The van der Waals surface area contributed by atoms with Gasteiger partial charge in [0.1, 0.15) is 24.7 Å². The first kappa shape index (κ1) is 20.4. The van der Waals surface area contributed by atoms with Crippen LogP contribution in [0.2, 0.25) is 0 Å². The number of hydrogen-bond acceptors (Lipinski definition) is 5. The zero-order chi connectivity index (χ0) is 19.9. The molecule has 0 heterocycles. The van der Waals surface area contributed by atoms with E-state index in [9.17, 15) is 0 Å². The topological polar surface area (TPSA) is 60.7 Å². The molecule has 2 rings (SSSR count). The van der Waals surface area contributed by atoms with E-state index in [1.54, 1.807) is 25.3 Å². The summed E-state index contributed by atoms with van der Waals surface area (Å²) in [6.45, 7) is 9.55. The van der Waals surface area contributed by atoms with Gasteiger partial charge in [0.15, 0.2) is 11.5 Å². The maximum absolute atomic E-state index is 9.02. The normalized spacial score (nSPS) is 10.8. The van der Waals surface area contributed by atoms with Gasteiger partial charge < -0.3 is 18.9 Å². The molecule has 0 bridgehead atoms. The van der Waals surface area contributed by atoms with Gasteiger partial charge in [-0.3, -0.25) is 0 Å². The molecule has 0 amide bonds. The van der Waals surface area contributed by atoms with Crippen molar-refractivity contribution >= 4 is 0 Å². The summed E-state index contributed by atoms with van der Waals surface area (Å²) in [5, 5.41) is 9.02. The summed E-state index contributed by atoms with van der Waals surface area (Å²) in [4.78, 5) is 0. The minimum absolute atomic E-state index is 0.0695. The molecule has 2 aromatic carbocycles. The van der Waals surface area contributed by atoms with Crippen LogP contribution in [0.5, 0.6) is 23.0 Å². The minimum Gasteiger partial charge on any atom is -0.497 e. The van der Waals surface area contributed by atoms with Crippen LogP contribution in [0, 0.1) is 11.3 Å². The van der Waals surface area contributed by atoms with E-state index in [2.05, 4.69) is 26.8 Å². The molecule has 27 heavy (non-hydrogen) atoms. The van der Waals surface area contributed by atoms with Crippen molar-refractivity contribution in [1.29, 1.82) is 5.26 Å². The molecule has 0 unspecified atom stereocenters. The van der Waals surface area contributed by atoms with E-state index >= 15 is 0 Å². The molecule has 0 aliphatic rings. The fourth-order valence-corrected chi connectivity index (χ4v) is 2.62. The van der Waals surface area contributed by atoms with Gasteiger partial charge in [-0.25, -0.2) is 0 Å². The largest absolute Gasteiger partial charge is 0.497 e.